The highest BCUT2D eigenvalue weighted by molar-refractivity contribution is 5.75. The van der Waals surface area contributed by atoms with Gasteiger partial charge in [0.15, 0.2) is 18.7 Å². The van der Waals surface area contributed by atoms with Crippen LogP contribution in [0.4, 0.5) is 0 Å². The molecule has 2 rings (SSSR count). The quantitative estimate of drug-likeness (QED) is 0.159. The molecule has 0 unspecified atom stereocenters. The monoisotopic (exact) mass is 658 g/mol. The van der Waals surface area contributed by atoms with E-state index in [-0.39, 0.29) is 13.2 Å². The Labute approximate surface area is 266 Å². The van der Waals surface area contributed by atoms with Gasteiger partial charge in [0.2, 0.25) is 0 Å². The molecule has 2 aliphatic heterocycles. The van der Waals surface area contributed by atoms with Crippen molar-refractivity contribution < 1.29 is 75.8 Å². The maximum atomic E-state index is 12.7. The number of methoxy groups -OCH3 is 11. The molecule has 14 atom stereocenters. The second-order valence-electron chi connectivity index (χ2n) is 10.5. The average molecular weight is 659 g/mol. The summed E-state index contributed by atoms with van der Waals surface area (Å²) < 4.78 is 87.5. The minimum Gasteiger partial charge on any atom is -0.467 e. The van der Waals surface area contributed by atoms with Crippen molar-refractivity contribution in [3.05, 3.63) is 0 Å². The third-order valence-corrected chi connectivity index (χ3v) is 8.22. The van der Waals surface area contributed by atoms with Crippen molar-refractivity contribution in [1.29, 1.82) is 0 Å². The van der Waals surface area contributed by atoms with Gasteiger partial charge in [-0.25, -0.2) is 4.79 Å². The maximum absolute atomic E-state index is 12.7. The van der Waals surface area contributed by atoms with Crippen LogP contribution in [0.1, 0.15) is 6.92 Å². The Morgan fingerprint density at radius 2 is 1.20 bits per heavy atom. The highest BCUT2D eigenvalue weighted by Crippen LogP contribution is 2.35. The van der Waals surface area contributed by atoms with Gasteiger partial charge >= 0.3 is 5.97 Å². The molecule has 2 fully saturated rings. The normalized spacial score (nSPS) is 35.0. The SMILES string of the molecule is COC[C@H](OC)[C@H](OC)[C@H](O[C@@H]1O[C@H](COC)[C@@H](O[C@H]2O[C@H](C(=O)OC)[C@@H](OC)[C@H](OC)[C@H]2OC)[C@H](OC)[C@H]1OC)[C@H](C)OC. The molecule has 0 aromatic carbocycles. The van der Waals surface area contributed by atoms with E-state index in [0.717, 1.165) is 0 Å². The van der Waals surface area contributed by atoms with Crippen molar-refractivity contribution in [3.8, 4) is 0 Å². The molecule has 0 radical (unpaired) electrons. The largest absolute Gasteiger partial charge is 0.467 e. The molecule has 0 N–H and O–H groups in total. The first-order valence-electron chi connectivity index (χ1n) is 14.6. The lowest BCUT2D eigenvalue weighted by Crippen LogP contribution is -2.67. The van der Waals surface area contributed by atoms with Crippen molar-refractivity contribution >= 4 is 5.97 Å². The molecule has 45 heavy (non-hydrogen) atoms. The van der Waals surface area contributed by atoms with E-state index in [9.17, 15) is 4.79 Å². The van der Waals surface area contributed by atoms with Crippen LogP contribution in [0.2, 0.25) is 0 Å². The molecule has 16 heteroatoms. The smallest absolute Gasteiger partial charge is 0.337 e. The molecule has 2 aliphatic rings. The first-order chi connectivity index (χ1) is 21.7. The zero-order chi connectivity index (χ0) is 33.7. The number of esters is 1. The van der Waals surface area contributed by atoms with Gasteiger partial charge in [-0.15, -0.1) is 0 Å². The number of rotatable bonds is 20. The predicted molar refractivity (Wildman–Crippen MR) is 155 cm³/mol. The predicted octanol–water partition coefficient (Wildman–Crippen LogP) is -0.188. The Bertz CT molecular complexity index is 821. The molecule has 266 valence electrons. The van der Waals surface area contributed by atoms with Gasteiger partial charge < -0.3 is 71.1 Å². The lowest BCUT2D eigenvalue weighted by atomic mass is 9.95. The van der Waals surface area contributed by atoms with Gasteiger partial charge in [-0.2, -0.15) is 0 Å². The number of carbonyl (C=O) groups excluding carboxylic acids is 1. The van der Waals surface area contributed by atoms with Gasteiger partial charge in [-0.1, -0.05) is 0 Å². The van der Waals surface area contributed by atoms with E-state index in [1.165, 1.54) is 49.8 Å². The molecule has 0 aromatic rings. The summed E-state index contributed by atoms with van der Waals surface area (Å²) in [6.45, 7) is 2.16. The summed E-state index contributed by atoms with van der Waals surface area (Å²) >= 11 is 0. The van der Waals surface area contributed by atoms with Gasteiger partial charge in [0.25, 0.3) is 0 Å². The van der Waals surface area contributed by atoms with Gasteiger partial charge in [-0.05, 0) is 6.92 Å². The van der Waals surface area contributed by atoms with E-state index in [1.54, 1.807) is 28.4 Å². The zero-order valence-electron chi connectivity index (χ0n) is 28.5. The summed E-state index contributed by atoms with van der Waals surface area (Å²) in [4.78, 5) is 12.7. The summed E-state index contributed by atoms with van der Waals surface area (Å²) in [7, 11) is 16.4. The van der Waals surface area contributed by atoms with E-state index in [0.29, 0.717) is 0 Å². The summed E-state index contributed by atoms with van der Waals surface area (Å²) in [6, 6.07) is 0. The van der Waals surface area contributed by atoms with Gasteiger partial charge in [0.1, 0.15) is 61.0 Å². The maximum Gasteiger partial charge on any atom is 0.337 e. The molecule has 2 heterocycles. The fourth-order valence-electron chi connectivity index (χ4n) is 5.82. The molecule has 16 nitrogen and oxygen atoms in total. The standard InChI is InChI=1S/C29H54O16/c1-15(33-4)18(19(35-6)16(34-5)13-31-2)43-28-25(39-10)21(36-7)20(17(42-28)14-32-3)44-29-26(40-11)23(38-9)22(37-8)24(45-29)27(30)41-12/h15-26,28-29H,13-14H2,1-12H3/t15-,16-,17+,18+,19-,20+,21-,22-,23-,24-,25+,26+,28-,29-/m0/s1. The fraction of sp³-hybridized carbons (Fsp3) is 0.966. The first-order valence-corrected chi connectivity index (χ1v) is 14.6. The third-order valence-electron chi connectivity index (χ3n) is 8.22. The minimum atomic E-state index is -1.18. The molecular weight excluding hydrogens is 604 g/mol. The number of hydrogen-bond acceptors (Lipinski definition) is 16. The van der Waals surface area contributed by atoms with Gasteiger partial charge in [-0.3, -0.25) is 0 Å². The van der Waals surface area contributed by atoms with Gasteiger partial charge in [0, 0.05) is 71.1 Å². The molecular formula is C29H54O16. The van der Waals surface area contributed by atoms with E-state index in [1.807, 2.05) is 6.92 Å². The highest BCUT2D eigenvalue weighted by atomic mass is 16.8. The average Bonchev–Trinajstić information content (AvgIpc) is 3.06. The number of hydrogen-bond donors (Lipinski definition) is 0. The van der Waals surface area contributed by atoms with Crippen LogP contribution in [0.15, 0.2) is 0 Å². The Morgan fingerprint density at radius 3 is 1.67 bits per heavy atom. The zero-order valence-corrected chi connectivity index (χ0v) is 28.5. The number of carbonyl (C=O) groups is 1. The van der Waals surface area contributed by atoms with Crippen LogP contribution in [0, 0.1) is 0 Å². The van der Waals surface area contributed by atoms with Crippen LogP contribution in [-0.2, 0) is 75.8 Å². The van der Waals surface area contributed by atoms with Crippen LogP contribution >= 0.6 is 0 Å². The van der Waals surface area contributed by atoms with Crippen molar-refractivity contribution in [2.24, 2.45) is 0 Å². The Morgan fingerprint density at radius 1 is 0.622 bits per heavy atom. The Balaban J connectivity index is 2.47. The van der Waals surface area contributed by atoms with E-state index >= 15 is 0 Å². The van der Waals surface area contributed by atoms with E-state index < -0.39 is 91.8 Å². The fourth-order valence-corrected chi connectivity index (χ4v) is 5.82. The molecule has 0 saturated carbocycles. The number of ether oxygens (including phenoxy) is 15. The molecule has 0 spiro atoms. The van der Waals surface area contributed by atoms with Crippen LogP contribution in [0.5, 0.6) is 0 Å². The summed E-state index contributed by atoms with van der Waals surface area (Å²) in [6.07, 6.45) is -11.3. The van der Waals surface area contributed by atoms with Crippen molar-refractivity contribution in [2.45, 2.75) is 92.8 Å². The first kappa shape index (κ1) is 40.1. The van der Waals surface area contributed by atoms with E-state index in [4.69, 9.17) is 71.1 Å². The summed E-state index contributed by atoms with van der Waals surface area (Å²) in [5.41, 5.74) is 0. The molecule has 0 amide bonds. The second kappa shape index (κ2) is 20.3. The second-order valence-corrected chi connectivity index (χ2v) is 10.5. The summed E-state index contributed by atoms with van der Waals surface area (Å²) in [5.74, 6) is -0.666. The molecule has 2 saturated heterocycles. The van der Waals surface area contributed by atoms with Crippen LogP contribution in [0.25, 0.3) is 0 Å². The molecule has 0 aromatic heterocycles. The lowest BCUT2D eigenvalue weighted by Gasteiger charge is -2.49. The summed E-state index contributed by atoms with van der Waals surface area (Å²) in [5, 5.41) is 0. The third kappa shape index (κ3) is 9.51. The topological polar surface area (TPSA) is 156 Å². The Hall–Kier alpha value is -1.09. The van der Waals surface area contributed by atoms with Crippen LogP contribution < -0.4 is 0 Å². The highest BCUT2D eigenvalue weighted by Gasteiger charge is 2.55. The Kier molecular flexibility index (Phi) is 18.1. The molecule has 0 aliphatic carbocycles. The minimum absolute atomic E-state index is 0.0720. The van der Waals surface area contributed by atoms with Crippen molar-refractivity contribution in [1.82, 2.24) is 0 Å². The molecule has 0 bridgehead atoms. The van der Waals surface area contributed by atoms with Crippen LogP contribution in [0.3, 0.4) is 0 Å². The van der Waals surface area contributed by atoms with E-state index in [2.05, 4.69) is 0 Å². The van der Waals surface area contributed by atoms with Gasteiger partial charge in [0.05, 0.1) is 26.4 Å². The van der Waals surface area contributed by atoms with Crippen molar-refractivity contribution in [3.63, 3.8) is 0 Å². The lowest BCUT2D eigenvalue weighted by molar-refractivity contribution is -0.372. The van der Waals surface area contributed by atoms with Crippen molar-refractivity contribution in [2.75, 3.05) is 91.4 Å². The van der Waals surface area contributed by atoms with Crippen LogP contribution in [-0.4, -0.2) is 183 Å².